The second-order valence-corrected chi connectivity index (χ2v) is 6.99. The minimum absolute atomic E-state index is 0.0513. The summed E-state index contributed by atoms with van der Waals surface area (Å²) in [6.07, 6.45) is 1.00. The van der Waals surface area contributed by atoms with Crippen molar-refractivity contribution >= 4 is 12.0 Å². The summed E-state index contributed by atoms with van der Waals surface area (Å²) in [5.41, 5.74) is 0.869. The van der Waals surface area contributed by atoms with Crippen LogP contribution in [0.5, 0.6) is 0 Å². The topological polar surface area (TPSA) is 65.1 Å². The second-order valence-electron chi connectivity index (χ2n) is 6.99. The van der Waals surface area contributed by atoms with Crippen LogP contribution in [-0.4, -0.2) is 42.9 Å². The number of ether oxygens (including phenoxy) is 3. The summed E-state index contributed by atoms with van der Waals surface area (Å²) in [5.74, 6) is -0.780. The molecule has 0 radical (unpaired) electrons. The van der Waals surface area contributed by atoms with Gasteiger partial charge in [-0.15, -0.1) is 6.58 Å². The van der Waals surface area contributed by atoms with Gasteiger partial charge in [-0.1, -0.05) is 50.3 Å². The largest absolute Gasteiger partial charge is 0.439 e. The van der Waals surface area contributed by atoms with E-state index in [-0.39, 0.29) is 18.6 Å². The molecule has 6 heteroatoms. The fraction of sp³-hybridized carbons (Fsp3) is 0.524. The maximum atomic E-state index is 13.1. The lowest BCUT2D eigenvalue weighted by molar-refractivity contribution is -0.148. The van der Waals surface area contributed by atoms with Gasteiger partial charge in [0.1, 0.15) is 12.9 Å². The number of nitrogens with zero attached hydrogens (tertiary/aromatic N) is 1. The zero-order valence-corrected chi connectivity index (χ0v) is 16.5. The lowest BCUT2D eigenvalue weighted by Crippen LogP contribution is -2.46. The number of carbonyl (C=O) groups is 2. The molecule has 0 spiro atoms. The Morgan fingerprint density at radius 3 is 2.59 bits per heavy atom. The minimum atomic E-state index is -0.616. The van der Waals surface area contributed by atoms with Gasteiger partial charge in [0.15, 0.2) is 0 Å². The van der Waals surface area contributed by atoms with E-state index in [4.69, 9.17) is 14.2 Å². The van der Waals surface area contributed by atoms with Gasteiger partial charge in [-0.2, -0.15) is 0 Å². The Morgan fingerprint density at radius 1 is 1.33 bits per heavy atom. The molecule has 1 fully saturated rings. The lowest BCUT2D eigenvalue weighted by Gasteiger charge is -2.31. The van der Waals surface area contributed by atoms with Crippen LogP contribution in [0.3, 0.4) is 0 Å². The monoisotopic (exact) mass is 375 g/mol. The molecule has 1 aliphatic heterocycles. The van der Waals surface area contributed by atoms with Gasteiger partial charge in [0.2, 0.25) is 5.91 Å². The third kappa shape index (κ3) is 4.76. The van der Waals surface area contributed by atoms with E-state index in [0.717, 1.165) is 5.56 Å². The van der Waals surface area contributed by atoms with E-state index in [2.05, 4.69) is 6.58 Å². The summed E-state index contributed by atoms with van der Waals surface area (Å²) in [6, 6.07) is 9.05. The van der Waals surface area contributed by atoms with Crippen LogP contribution in [0.25, 0.3) is 0 Å². The van der Waals surface area contributed by atoms with Crippen molar-refractivity contribution in [3.8, 4) is 0 Å². The summed E-state index contributed by atoms with van der Waals surface area (Å²) < 4.78 is 16.3. The van der Waals surface area contributed by atoms with Gasteiger partial charge >= 0.3 is 6.09 Å². The van der Waals surface area contributed by atoms with E-state index in [0.29, 0.717) is 6.42 Å². The number of rotatable bonds is 9. The van der Waals surface area contributed by atoms with Crippen molar-refractivity contribution in [2.24, 2.45) is 11.8 Å². The third-order valence-electron chi connectivity index (χ3n) is 5.00. The first kappa shape index (κ1) is 21.1. The van der Waals surface area contributed by atoms with Crippen molar-refractivity contribution in [2.75, 3.05) is 13.9 Å². The van der Waals surface area contributed by atoms with Crippen molar-refractivity contribution in [3.05, 3.63) is 48.6 Å². The summed E-state index contributed by atoms with van der Waals surface area (Å²) in [6.45, 7) is 9.43. The number of hydrogen-bond donors (Lipinski definition) is 0. The number of benzene rings is 1. The van der Waals surface area contributed by atoms with Crippen LogP contribution in [-0.2, 0) is 19.0 Å². The average molecular weight is 375 g/mol. The molecule has 2 rings (SSSR count). The molecule has 1 aromatic carbocycles. The Kier molecular flexibility index (Phi) is 7.56. The molecule has 6 nitrogen and oxygen atoms in total. The molecule has 27 heavy (non-hydrogen) atoms. The maximum absolute atomic E-state index is 13.1. The first-order chi connectivity index (χ1) is 12.9. The second kappa shape index (κ2) is 9.67. The molecule has 5 atom stereocenters. The highest BCUT2D eigenvalue weighted by atomic mass is 16.7. The number of carbonyl (C=O) groups excluding carboxylic acids is 2. The van der Waals surface area contributed by atoms with E-state index in [1.165, 1.54) is 12.0 Å². The number of amides is 2. The fourth-order valence-electron chi connectivity index (χ4n) is 3.55. The zero-order chi connectivity index (χ0) is 20.0. The van der Waals surface area contributed by atoms with Gasteiger partial charge < -0.3 is 14.2 Å². The number of allylic oxidation sites excluding steroid dienone is 1. The molecule has 2 amide bonds. The number of hydrogen-bond acceptors (Lipinski definition) is 5. The zero-order valence-electron chi connectivity index (χ0n) is 16.5. The predicted octanol–water partition coefficient (Wildman–Crippen LogP) is 3.93. The number of cyclic esters (lactones) is 1. The van der Waals surface area contributed by atoms with Gasteiger partial charge in [-0.3, -0.25) is 4.79 Å². The third-order valence-corrected chi connectivity index (χ3v) is 5.00. The van der Waals surface area contributed by atoms with Crippen molar-refractivity contribution < 1.29 is 23.8 Å². The molecule has 0 saturated carbocycles. The van der Waals surface area contributed by atoms with E-state index >= 15 is 0 Å². The Bertz CT molecular complexity index is 647. The van der Waals surface area contributed by atoms with Gasteiger partial charge in [-0.25, -0.2) is 9.69 Å². The van der Waals surface area contributed by atoms with Crippen LogP contribution >= 0.6 is 0 Å². The quantitative estimate of drug-likeness (QED) is 0.483. The highest BCUT2D eigenvalue weighted by Crippen LogP contribution is 2.34. The molecule has 1 aliphatic rings. The molecule has 1 saturated heterocycles. The van der Waals surface area contributed by atoms with Crippen molar-refractivity contribution in [2.45, 2.75) is 45.4 Å². The summed E-state index contributed by atoms with van der Waals surface area (Å²) in [5, 5.41) is 0. The van der Waals surface area contributed by atoms with Crippen molar-refractivity contribution in [3.63, 3.8) is 0 Å². The molecule has 0 unspecified atom stereocenters. The molecule has 0 N–H and O–H groups in total. The fourth-order valence-corrected chi connectivity index (χ4v) is 3.55. The van der Waals surface area contributed by atoms with Crippen molar-refractivity contribution in [1.82, 2.24) is 4.90 Å². The van der Waals surface area contributed by atoms with Gasteiger partial charge in [0, 0.05) is 7.11 Å². The van der Waals surface area contributed by atoms with Crippen LogP contribution in [0.4, 0.5) is 4.79 Å². The number of methoxy groups -OCH3 is 1. The normalized spacial score (nSPS) is 22.8. The van der Waals surface area contributed by atoms with Crippen LogP contribution in [0, 0.1) is 11.8 Å². The minimum Gasteiger partial charge on any atom is -0.439 e. The smallest absolute Gasteiger partial charge is 0.417 e. The summed E-state index contributed by atoms with van der Waals surface area (Å²) >= 11 is 0. The average Bonchev–Trinajstić information content (AvgIpc) is 2.96. The van der Waals surface area contributed by atoms with Crippen LogP contribution in [0.1, 0.15) is 38.9 Å². The van der Waals surface area contributed by atoms with E-state index in [1.807, 2.05) is 44.2 Å². The molecule has 1 heterocycles. The van der Waals surface area contributed by atoms with Crippen LogP contribution in [0.2, 0.25) is 0 Å². The van der Waals surface area contributed by atoms with E-state index < -0.39 is 30.3 Å². The molecular weight excluding hydrogens is 346 g/mol. The maximum Gasteiger partial charge on any atom is 0.417 e. The molecule has 148 valence electrons. The first-order valence-electron chi connectivity index (χ1n) is 9.22. The van der Waals surface area contributed by atoms with E-state index in [9.17, 15) is 9.59 Å². The Labute approximate surface area is 161 Å². The molecular formula is C21H29NO5. The van der Waals surface area contributed by atoms with Gasteiger partial charge in [-0.05, 0) is 24.8 Å². The Hall–Kier alpha value is -2.18. The highest BCUT2D eigenvalue weighted by Gasteiger charge is 2.46. The molecule has 1 aromatic rings. The van der Waals surface area contributed by atoms with Gasteiger partial charge in [0.25, 0.3) is 0 Å². The lowest BCUT2D eigenvalue weighted by atomic mass is 9.89. The standard InChI is InChI=1S/C21H29NO5/c1-6-10-14(2)18(26-13-25-5)15(3)20(23)22-16(4)19(27-21(22)24)17-11-8-7-9-12-17/h6-9,11-12,14-16,18-19H,1,10,13H2,2-5H3/t14-,15-,16+,18-,19+/m0/s1. The summed E-state index contributed by atoms with van der Waals surface area (Å²) in [4.78, 5) is 26.8. The van der Waals surface area contributed by atoms with Crippen LogP contribution in [0.15, 0.2) is 43.0 Å². The SMILES string of the molecule is C=CC[C@H](C)[C@H](OCOC)[C@H](C)C(=O)N1C(=O)O[C@@H](c2ccccc2)[C@H]1C. The summed E-state index contributed by atoms with van der Waals surface area (Å²) in [7, 11) is 1.53. The molecule has 0 aromatic heterocycles. The van der Waals surface area contributed by atoms with Gasteiger partial charge in [0.05, 0.1) is 18.1 Å². The predicted molar refractivity (Wildman–Crippen MR) is 102 cm³/mol. The van der Waals surface area contributed by atoms with Crippen LogP contribution < -0.4 is 0 Å². The highest BCUT2D eigenvalue weighted by molar-refractivity contribution is 5.95. The van der Waals surface area contributed by atoms with E-state index in [1.54, 1.807) is 13.0 Å². The Balaban J connectivity index is 2.18. The number of imide groups is 1. The molecule has 0 aliphatic carbocycles. The molecule has 0 bridgehead atoms. The van der Waals surface area contributed by atoms with Crippen molar-refractivity contribution in [1.29, 1.82) is 0 Å². The Morgan fingerprint density at radius 2 is 2.00 bits per heavy atom. The first-order valence-corrected chi connectivity index (χ1v) is 9.22.